The Kier molecular flexibility index (Phi) is 5.32. The molecule has 1 rings (SSSR count). The van der Waals surface area contributed by atoms with Gasteiger partial charge in [0.1, 0.15) is 5.75 Å². The number of phosphoric acid groups is 3. The first-order valence-electron chi connectivity index (χ1n) is 4.79. The van der Waals surface area contributed by atoms with E-state index in [1.54, 1.807) is 13.0 Å². The number of rotatable bonds is 6. The van der Waals surface area contributed by atoms with Gasteiger partial charge in [-0.2, -0.15) is 8.62 Å². The van der Waals surface area contributed by atoms with E-state index in [-0.39, 0.29) is 5.75 Å². The van der Waals surface area contributed by atoms with E-state index in [4.69, 9.17) is 14.7 Å². The zero-order valence-electron chi connectivity index (χ0n) is 9.89. The lowest BCUT2D eigenvalue weighted by atomic mass is 10.2. The van der Waals surface area contributed by atoms with Crippen LogP contribution < -0.4 is 4.52 Å². The summed E-state index contributed by atoms with van der Waals surface area (Å²) in [6, 6.07) is 5.74. The lowest BCUT2D eigenvalue weighted by molar-refractivity contribution is 0.207. The molecule has 4 N–H and O–H groups in total. The average molecular weight is 348 g/mol. The van der Waals surface area contributed by atoms with Crippen LogP contribution in [-0.2, 0) is 22.3 Å². The van der Waals surface area contributed by atoms with Gasteiger partial charge in [0.05, 0.1) is 0 Å². The summed E-state index contributed by atoms with van der Waals surface area (Å²) < 4.78 is 44.5. The maximum absolute atomic E-state index is 11.4. The molecule has 0 spiro atoms. The first kappa shape index (κ1) is 17.5. The average Bonchev–Trinajstić information content (AvgIpc) is 2.08. The molecule has 0 aliphatic heterocycles. The smallest absolute Gasteiger partial charge is 0.404 e. The summed E-state index contributed by atoms with van der Waals surface area (Å²) in [4.78, 5) is 34.8. The van der Waals surface area contributed by atoms with E-state index in [0.717, 1.165) is 0 Å². The van der Waals surface area contributed by atoms with Crippen molar-refractivity contribution in [2.45, 2.75) is 6.92 Å². The summed E-state index contributed by atoms with van der Waals surface area (Å²) in [6.45, 7) is 1.66. The molecule has 114 valence electrons. The molecule has 1 aromatic rings. The molecule has 0 saturated carbocycles. The molecular formula is C7H11O10P3. The van der Waals surface area contributed by atoms with Crippen LogP contribution in [0.1, 0.15) is 5.56 Å². The molecule has 20 heavy (non-hydrogen) atoms. The minimum Gasteiger partial charge on any atom is -0.404 e. The highest BCUT2D eigenvalue weighted by atomic mass is 31.3. The van der Waals surface area contributed by atoms with Crippen LogP contribution in [0.15, 0.2) is 24.3 Å². The first-order chi connectivity index (χ1) is 8.89. The first-order valence-corrected chi connectivity index (χ1v) is 9.31. The number of hydrogen-bond acceptors (Lipinski definition) is 6. The van der Waals surface area contributed by atoms with E-state index in [1.165, 1.54) is 18.2 Å². The third-order valence-electron chi connectivity index (χ3n) is 1.63. The second-order valence-corrected chi connectivity index (χ2v) is 7.84. The molecule has 10 nitrogen and oxygen atoms in total. The van der Waals surface area contributed by atoms with Crippen LogP contribution in [-0.4, -0.2) is 19.6 Å². The van der Waals surface area contributed by atoms with Crippen molar-refractivity contribution in [1.82, 2.24) is 0 Å². The Bertz CT molecular complexity index is 621. The summed E-state index contributed by atoms with van der Waals surface area (Å²) in [5.41, 5.74) is 0.668. The maximum Gasteiger partial charge on any atom is 0.536 e. The standard InChI is InChI=1S/C7H11O10P3/c1-6-3-2-4-7(5-6)15-19(11,12)17-20(13,14)16-18(8,9)10/h2-5H,1H3,(H,11,12)(H,13,14)(H2,8,9,10). The fourth-order valence-electron chi connectivity index (χ4n) is 1.10. The molecule has 2 unspecified atom stereocenters. The zero-order chi connectivity index (χ0) is 15.6. The third kappa shape index (κ3) is 6.76. The SMILES string of the molecule is Cc1cccc(OP(=O)(O)OP(=O)(O)OP(=O)(O)O)c1. The van der Waals surface area contributed by atoms with Gasteiger partial charge in [-0.25, -0.2) is 13.7 Å². The van der Waals surface area contributed by atoms with E-state index < -0.39 is 23.5 Å². The van der Waals surface area contributed by atoms with Crippen molar-refractivity contribution in [3.63, 3.8) is 0 Å². The van der Waals surface area contributed by atoms with Crippen molar-refractivity contribution >= 4 is 23.5 Å². The van der Waals surface area contributed by atoms with E-state index in [2.05, 4.69) is 13.1 Å². The minimum absolute atomic E-state index is 0.146. The quantitative estimate of drug-likeness (QED) is 0.557. The Morgan fingerprint density at radius 2 is 1.55 bits per heavy atom. The third-order valence-corrected chi connectivity index (χ3v) is 5.40. The van der Waals surface area contributed by atoms with Crippen LogP contribution in [0, 0.1) is 6.92 Å². The Hall–Kier alpha value is -0.530. The molecule has 13 heteroatoms. The minimum atomic E-state index is -5.49. The van der Waals surface area contributed by atoms with Gasteiger partial charge in [-0.15, -0.1) is 0 Å². The van der Waals surface area contributed by atoms with Crippen molar-refractivity contribution in [2.24, 2.45) is 0 Å². The van der Waals surface area contributed by atoms with Crippen LogP contribution in [0.2, 0.25) is 0 Å². The highest BCUT2D eigenvalue weighted by Crippen LogP contribution is 2.66. The molecule has 0 aliphatic carbocycles. The molecule has 0 aromatic heterocycles. The van der Waals surface area contributed by atoms with Gasteiger partial charge in [0, 0.05) is 0 Å². The second-order valence-electron chi connectivity index (χ2n) is 3.50. The highest BCUT2D eigenvalue weighted by Gasteiger charge is 2.41. The molecule has 0 amide bonds. The molecule has 0 bridgehead atoms. The normalized spacial score (nSPS) is 18.1. The fourth-order valence-corrected chi connectivity index (χ4v) is 4.12. The number of benzene rings is 1. The van der Waals surface area contributed by atoms with Gasteiger partial charge in [-0.3, -0.25) is 4.89 Å². The van der Waals surface area contributed by atoms with Crippen LogP contribution in [0.4, 0.5) is 0 Å². The highest BCUT2D eigenvalue weighted by molar-refractivity contribution is 7.66. The van der Waals surface area contributed by atoms with Gasteiger partial charge in [-0.05, 0) is 24.6 Å². The van der Waals surface area contributed by atoms with Crippen LogP contribution >= 0.6 is 23.5 Å². The lowest BCUT2D eigenvalue weighted by Gasteiger charge is -2.16. The zero-order valence-corrected chi connectivity index (χ0v) is 12.6. The Balaban J connectivity index is 2.82. The second kappa shape index (κ2) is 6.07. The van der Waals surface area contributed by atoms with Crippen molar-refractivity contribution in [2.75, 3.05) is 0 Å². The number of aryl methyl sites for hydroxylation is 1. The summed E-state index contributed by atoms with van der Waals surface area (Å²) in [5, 5.41) is 0. The molecule has 1 aromatic carbocycles. The lowest BCUT2D eigenvalue weighted by Crippen LogP contribution is -1.98. The Labute approximate surface area is 113 Å². The molecule has 0 aliphatic rings. The van der Waals surface area contributed by atoms with Gasteiger partial charge in [-0.1, -0.05) is 12.1 Å². The molecule has 0 heterocycles. The van der Waals surface area contributed by atoms with Crippen molar-refractivity contribution in [1.29, 1.82) is 0 Å². The van der Waals surface area contributed by atoms with Gasteiger partial charge >= 0.3 is 23.5 Å². The van der Waals surface area contributed by atoms with Crippen LogP contribution in [0.25, 0.3) is 0 Å². The topological polar surface area (TPSA) is 160 Å². The molecule has 0 radical (unpaired) electrons. The van der Waals surface area contributed by atoms with Gasteiger partial charge < -0.3 is 19.2 Å². The van der Waals surface area contributed by atoms with Gasteiger partial charge in [0.2, 0.25) is 0 Å². The largest absolute Gasteiger partial charge is 0.536 e. The van der Waals surface area contributed by atoms with Crippen molar-refractivity contribution < 1.29 is 46.4 Å². The van der Waals surface area contributed by atoms with E-state index >= 15 is 0 Å². The molecule has 2 atom stereocenters. The van der Waals surface area contributed by atoms with Crippen LogP contribution in [0.3, 0.4) is 0 Å². The van der Waals surface area contributed by atoms with Gasteiger partial charge in [0.15, 0.2) is 0 Å². The van der Waals surface area contributed by atoms with Gasteiger partial charge in [0.25, 0.3) is 0 Å². The predicted octanol–water partition coefficient (Wildman–Crippen LogP) is 1.70. The molecule has 0 fully saturated rings. The predicted molar refractivity (Wildman–Crippen MR) is 65.7 cm³/mol. The number of hydrogen-bond donors (Lipinski definition) is 4. The fraction of sp³-hybridized carbons (Fsp3) is 0.143. The monoisotopic (exact) mass is 348 g/mol. The summed E-state index contributed by atoms with van der Waals surface area (Å²) in [5.74, 6) is -0.146. The van der Waals surface area contributed by atoms with E-state index in [9.17, 15) is 18.6 Å². The Morgan fingerprint density at radius 1 is 0.950 bits per heavy atom. The van der Waals surface area contributed by atoms with E-state index in [0.29, 0.717) is 5.56 Å². The van der Waals surface area contributed by atoms with Crippen molar-refractivity contribution in [3.8, 4) is 5.75 Å². The van der Waals surface area contributed by atoms with Crippen LogP contribution in [0.5, 0.6) is 5.75 Å². The maximum atomic E-state index is 11.4. The van der Waals surface area contributed by atoms with Crippen molar-refractivity contribution in [3.05, 3.63) is 29.8 Å². The summed E-state index contributed by atoms with van der Waals surface area (Å²) >= 11 is 0. The summed E-state index contributed by atoms with van der Waals surface area (Å²) in [7, 11) is -16.0. The Morgan fingerprint density at radius 3 is 2.05 bits per heavy atom. The number of phosphoric ester groups is 1. The molecular weight excluding hydrogens is 337 g/mol. The summed E-state index contributed by atoms with van der Waals surface area (Å²) in [6.07, 6.45) is 0. The van der Waals surface area contributed by atoms with E-state index in [1.807, 2.05) is 0 Å². The molecule has 0 saturated heterocycles.